The van der Waals surface area contributed by atoms with Crippen molar-refractivity contribution in [3.63, 3.8) is 0 Å². The monoisotopic (exact) mass is 316 g/mol. The topological polar surface area (TPSA) is 80.6 Å². The van der Waals surface area contributed by atoms with Crippen molar-refractivity contribution < 1.29 is 18.7 Å². The summed E-state index contributed by atoms with van der Waals surface area (Å²) >= 11 is 0. The Morgan fingerprint density at radius 3 is 2.48 bits per heavy atom. The van der Waals surface area contributed by atoms with Gasteiger partial charge < -0.3 is 19.8 Å². The lowest BCUT2D eigenvalue weighted by molar-refractivity contribution is -0.139. The normalized spacial score (nSPS) is 13.1. The van der Waals surface area contributed by atoms with Crippen molar-refractivity contribution >= 4 is 11.8 Å². The van der Waals surface area contributed by atoms with E-state index >= 15 is 0 Å². The molecule has 0 saturated heterocycles. The fourth-order valence-corrected chi connectivity index (χ4v) is 2.13. The predicted octanol–water partition coefficient (Wildman–Crippen LogP) is 1.96. The van der Waals surface area contributed by atoms with Gasteiger partial charge in [0.2, 0.25) is 0 Å². The summed E-state index contributed by atoms with van der Waals surface area (Å²) in [4.78, 5) is 23.8. The summed E-state index contributed by atoms with van der Waals surface area (Å²) < 4.78 is 10.5. The number of amides is 2. The number of hydrogen-bond acceptors (Lipinski definition) is 4. The summed E-state index contributed by atoms with van der Waals surface area (Å²) in [6.45, 7) is 1.97. The Kier molecular flexibility index (Phi) is 5.94. The number of furan rings is 1. The van der Waals surface area contributed by atoms with E-state index in [4.69, 9.17) is 9.15 Å². The lowest BCUT2D eigenvalue weighted by Gasteiger charge is -2.16. The Bertz CT molecular complexity index is 625. The smallest absolute Gasteiger partial charge is 0.309 e. The van der Waals surface area contributed by atoms with E-state index < -0.39 is 17.9 Å². The maximum absolute atomic E-state index is 11.9. The van der Waals surface area contributed by atoms with Crippen LogP contribution in [0.25, 0.3) is 0 Å². The summed E-state index contributed by atoms with van der Waals surface area (Å²) in [5.41, 5.74) is 0.930. The number of carbonyl (C=O) groups excluding carboxylic acids is 2. The van der Waals surface area contributed by atoms with Crippen molar-refractivity contribution in [1.82, 2.24) is 10.6 Å². The zero-order valence-corrected chi connectivity index (χ0v) is 13.1. The zero-order valence-electron chi connectivity index (χ0n) is 13.1. The van der Waals surface area contributed by atoms with E-state index in [0.717, 1.165) is 5.56 Å². The van der Waals surface area contributed by atoms with Gasteiger partial charge in [0, 0.05) is 7.11 Å². The van der Waals surface area contributed by atoms with E-state index in [1.54, 1.807) is 12.1 Å². The molecule has 0 saturated carbocycles. The first-order valence-corrected chi connectivity index (χ1v) is 7.31. The molecule has 6 heteroatoms. The van der Waals surface area contributed by atoms with Gasteiger partial charge in [-0.25, -0.2) is 0 Å². The van der Waals surface area contributed by atoms with Crippen LogP contribution >= 0.6 is 0 Å². The molecule has 0 unspecified atom stereocenters. The zero-order chi connectivity index (χ0) is 16.7. The van der Waals surface area contributed by atoms with Crippen LogP contribution in [0.5, 0.6) is 0 Å². The van der Waals surface area contributed by atoms with Gasteiger partial charge in [-0.1, -0.05) is 30.3 Å². The fourth-order valence-electron chi connectivity index (χ4n) is 2.13. The van der Waals surface area contributed by atoms with E-state index in [9.17, 15) is 9.59 Å². The van der Waals surface area contributed by atoms with E-state index in [0.29, 0.717) is 5.76 Å². The molecule has 1 heterocycles. The Labute approximate surface area is 134 Å². The molecule has 0 spiro atoms. The Morgan fingerprint density at radius 1 is 1.13 bits per heavy atom. The minimum absolute atomic E-state index is 0.149. The van der Waals surface area contributed by atoms with E-state index in [-0.39, 0.29) is 12.6 Å². The fraction of sp³-hybridized carbons (Fsp3) is 0.294. The van der Waals surface area contributed by atoms with Gasteiger partial charge in [0.15, 0.2) is 0 Å². The van der Waals surface area contributed by atoms with Crippen LogP contribution in [0.1, 0.15) is 30.4 Å². The van der Waals surface area contributed by atoms with Gasteiger partial charge >= 0.3 is 11.8 Å². The molecular weight excluding hydrogens is 296 g/mol. The lowest BCUT2D eigenvalue weighted by Crippen LogP contribution is -2.42. The average Bonchev–Trinajstić information content (AvgIpc) is 3.10. The average molecular weight is 316 g/mol. The largest absolute Gasteiger partial charge is 0.467 e. The molecule has 0 aliphatic rings. The first kappa shape index (κ1) is 16.8. The van der Waals surface area contributed by atoms with Crippen molar-refractivity contribution in [2.45, 2.75) is 19.1 Å². The first-order valence-electron chi connectivity index (χ1n) is 7.31. The number of rotatable bonds is 6. The first-order chi connectivity index (χ1) is 11.1. The third-order valence-electron chi connectivity index (χ3n) is 3.45. The van der Waals surface area contributed by atoms with Crippen LogP contribution in [-0.2, 0) is 14.3 Å². The van der Waals surface area contributed by atoms with Crippen LogP contribution in [0.3, 0.4) is 0 Å². The highest BCUT2D eigenvalue weighted by atomic mass is 16.5. The van der Waals surface area contributed by atoms with E-state index in [1.807, 2.05) is 37.3 Å². The molecule has 0 fully saturated rings. The third kappa shape index (κ3) is 4.69. The molecule has 1 aromatic carbocycles. The minimum Gasteiger partial charge on any atom is -0.467 e. The SMILES string of the molecule is CO[C@H](CNC(=O)C(=O)N[C@@H](C)c1ccccc1)c1ccco1. The molecule has 1 aromatic heterocycles. The molecule has 2 atom stereocenters. The standard InChI is InChI=1S/C17H20N2O4/c1-12(13-7-4-3-5-8-13)19-17(21)16(20)18-11-15(22-2)14-9-6-10-23-14/h3-10,12,15H,11H2,1-2H3,(H,18,20)(H,19,21)/t12-,15+/m0/s1. The number of nitrogens with one attached hydrogen (secondary N) is 2. The van der Waals surface area contributed by atoms with Crippen molar-refractivity contribution in [2.75, 3.05) is 13.7 Å². The number of methoxy groups -OCH3 is 1. The summed E-state index contributed by atoms with van der Waals surface area (Å²) in [6.07, 6.45) is 1.09. The summed E-state index contributed by atoms with van der Waals surface area (Å²) in [7, 11) is 1.51. The molecule has 0 radical (unpaired) electrons. The highest BCUT2D eigenvalue weighted by molar-refractivity contribution is 6.35. The number of hydrogen-bond donors (Lipinski definition) is 2. The predicted molar refractivity (Wildman–Crippen MR) is 84.5 cm³/mol. The number of ether oxygens (including phenoxy) is 1. The van der Waals surface area contributed by atoms with Gasteiger partial charge in [-0.15, -0.1) is 0 Å². The van der Waals surface area contributed by atoms with E-state index in [1.165, 1.54) is 13.4 Å². The summed E-state index contributed by atoms with van der Waals surface area (Å²) in [6, 6.07) is 12.7. The maximum atomic E-state index is 11.9. The molecule has 23 heavy (non-hydrogen) atoms. The number of benzene rings is 1. The molecule has 2 N–H and O–H groups in total. The minimum atomic E-state index is -0.707. The van der Waals surface area contributed by atoms with E-state index in [2.05, 4.69) is 10.6 Å². The lowest BCUT2D eigenvalue weighted by atomic mass is 10.1. The van der Waals surface area contributed by atoms with Gasteiger partial charge in [-0.05, 0) is 24.6 Å². The van der Waals surface area contributed by atoms with Gasteiger partial charge in [0.05, 0.1) is 18.8 Å². The van der Waals surface area contributed by atoms with Crippen LogP contribution in [-0.4, -0.2) is 25.5 Å². The molecule has 0 aliphatic carbocycles. The van der Waals surface area contributed by atoms with Crippen molar-refractivity contribution in [3.8, 4) is 0 Å². The molecule has 2 aromatic rings. The van der Waals surface area contributed by atoms with Gasteiger partial charge in [0.25, 0.3) is 0 Å². The molecule has 0 aliphatic heterocycles. The van der Waals surface area contributed by atoms with Crippen molar-refractivity contribution in [2.24, 2.45) is 0 Å². The summed E-state index contributed by atoms with van der Waals surface area (Å²) in [5, 5.41) is 5.20. The van der Waals surface area contributed by atoms with Crippen LogP contribution in [0, 0.1) is 0 Å². The molecule has 2 rings (SSSR count). The number of carbonyl (C=O) groups is 2. The van der Waals surface area contributed by atoms with Gasteiger partial charge in [-0.2, -0.15) is 0 Å². The molecular formula is C17H20N2O4. The third-order valence-corrected chi connectivity index (χ3v) is 3.45. The second kappa shape index (κ2) is 8.14. The van der Waals surface area contributed by atoms with Crippen molar-refractivity contribution in [1.29, 1.82) is 0 Å². The van der Waals surface area contributed by atoms with Crippen LogP contribution in [0.15, 0.2) is 53.1 Å². The highest BCUT2D eigenvalue weighted by Gasteiger charge is 2.20. The van der Waals surface area contributed by atoms with Crippen molar-refractivity contribution in [3.05, 3.63) is 60.1 Å². The highest BCUT2D eigenvalue weighted by Crippen LogP contribution is 2.15. The Balaban J connectivity index is 1.84. The second-order valence-electron chi connectivity index (χ2n) is 5.06. The molecule has 122 valence electrons. The van der Waals surface area contributed by atoms with Gasteiger partial charge in [0.1, 0.15) is 11.9 Å². The Hall–Kier alpha value is -2.60. The molecule has 6 nitrogen and oxygen atoms in total. The second-order valence-corrected chi connectivity index (χ2v) is 5.06. The van der Waals surface area contributed by atoms with Crippen LogP contribution in [0.4, 0.5) is 0 Å². The van der Waals surface area contributed by atoms with Crippen LogP contribution in [0.2, 0.25) is 0 Å². The molecule has 0 bridgehead atoms. The quantitative estimate of drug-likeness (QED) is 0.798. The van der Waals surface area contributed by atoms with Gasteiger partial charge in [-0.3, -0.25) is 9.59 Å². The maximum Gasteiger partial charge on any atom is 0.309 e. The summed E-state index contributed by atoms with van der Waals surface area (Å²) in [5.74, 6) is -0.803. The Morgan fingerprint density at radius 2 is 1.87 bits per heavy atom. The molecule has 2 amide bonds. The van der Waals surface area contributed by atoms with Crippen LogP contribution < -0.4 is 10.6 Å².